The number of methoxy groups -OCH3 is 1. The van der Waals surface area contributed by atoms with E-state index in [1.807, 2.05) is 62.4 Å². The van der Waals surface area contributed by atoms with E-state index in [0.29, 0.717) is 62.1 Å². The molecule has 3 N–H and O–H groups in total. The highest BCUT2D eigenvalue weighted by molar-refractivity contribution is 7.14. The Balaban J connectivity index is 1.53. The van der Waals surface area contributed by atoms with Crippen LogP contribution >= 0.6 is 11.3 Å². The van der Waals surface area contributed by atoms with E-state index in [9.17, 15) is 19.8 Å². The van der Waals surface area contributed by atoms with Gasteiger partial charge < -0.3 is 25.2 Å². The third kappa shape index (κ3) is 8.54. The first-order chi connectivity index (χ1) is 23.4. The van der Waals surface area contributed by atoms with Gasteiger partial charge in [0.05, 0.1) is 29.2 Å². The molecule has 1 aromatic heterocycles. The first-order valence-corrected chi connectivity index (χ1v) is 18.6. The Morgan fingerprint density at radius 2 is 1.86 bits per heavy atom. The van der Waals surface area contributed by atoms with E-state index in [1.165, 1.54) is 16.9 Å². The van der Waals surface area contributed by atoms with Crippen LogP contribution in [0.2, 0.25) is 0 Å². The molecule has 3 aliphatic rings. The molecular formula is C41H54N2O5S. The number of hydrogen-bond donors (Lipinski definition) is 3. The van der Waals surface area contributed by atoms with E-state index >= 15 is 0 Å². The number of aliphatic hydroxyl groups is 2. The molecule has 2 amide bonds. The zero-order valence-electron chi connectivity index (χ0n) is 29.8. The quantitative estimate of drug-likeness (QED) is 0.114. The predicted octanol–water partition coefficient (Wildman–Crippen LogP) is 8.14. The summed E-state index contributed by atoms with van der Waals surface area (Å²) in [6, 6.07) is 19.5. The molecule has 0 saturated heterocycles. The molecule has 0 aliphatic heterocycles. The Kier molecular flexibility index (Phi) is 12.2. The largest absolute Gasteiger partial charge is 0.393 e. The Bertz CT molecular complexity index is 1620. The number of aryl methyl sites for hydroxylation is 1. The number of rotatable bonds is 10. The molecule has 49 heavy (non-hydrogen) atoms. The topological polar surface area (TPSA) is 99.1 Å². The number of carbonyl (C=O) groups excluding carboxylic acids is 2. The lowest BCUT2D eigenvalue weighted by atomic mass is 9.64. The molecule has 2 aromatic carbocycles. The maximum absolute atomic E-state index is 14.2. The number of benzene rings is 2. The number of amides is 2. The number of allylic oxidation sites excluding steroid dienone is 2. The standard InChI is InChI=1S/C41H54N2O5S/c1-28-11-9-21-40(4)36(34-18-16-31(25-33(44)17-14-28)26-35(34)38(45)37-19-15-29(2)49-37)20-22-41(40,47)27-43(23-10-24-48-5)39(46)42-30(3)32-12-7-6-8-13-32/h6-8,11-13,15-16,18-19,26,30,33,36,44,47H,9-10,14,17,20-25,27H2,1-5H3,(H,42,46). The molecule has 1 heterocycles. The van der Waals surface area contributed by atoms with Crippen LogP contribution in [0, 0.1) is 12.3 Å². The van der Waals surface area contributed by atoms with Gasteiger partial charge in [-0.25, -0.2) is 4.79 Å². The molecule has 1 fully saturated rings. The van der Waals surface area contributed by atoms with E-state index in [4.69, 9.17) is 4.74 Å². The van der Waals surface area contributed by atoms with Gasteiger partial charge in [-0.1, -0.05) is 61.0 Å². The van der Waals surface area contributed by atoms with Crippen LogP contribution in [-0.2, 0) is 11.2 Å². The molecule has 3 aliphatic carbocycles. The highest BCUT2D eigenvalue weighted by atomic mass is 32.1. The van der Waals surface area contributed by atoms with Crippen molar-refractivity contribution in [1.29, 1.82) is 0 Å². The van der Waals surface area contributed by atoms with Crippen molar-refractivity contribution in [2.75, 3.05) is 26.8 Å². The molecular weight excluding hydrogens is 633 g/mol. The third-order valence-electron chi connectivity index (χ3n) is 11.0. The Morgan fingerprint density at radius 3 is 2.57 bits per heavy atom. The van der Waals surface area contributed by atoms with Crippen LogP contribution in [0.15, 0.2) is 72.3 Å². The number of carbonyl (C=O) groups is 2. The third-order valence-corrected chi connectivity index (χ3v) is 12.0. The Hall–Kier alpha value is -3.30. The van der Waals surface area contributed by atoms with Crippen LogP contribution in [0.25, 0.3) is 0 Å². The van der Waals surface area contributed by atoms with Crippen molar-refractivity contribution in [2.45, 2.75) is 103 Å². The number of thiophene rings is 1. The summed E-state index contributed by atoms with van der Waals surface area (Å²) in [5.74, 6) is -0.124. The summed E-state index contributed by atoms with van der Waals surface area (Å²) in [6.07, 6.45) is 6.95. The number of nitrogens with one attached hydrogen (secondary N) is 1. The summed E-state index contributed by atoms with van der Waals surface area (Å²) < 4.78 is 5.35. The first kappa shape index (κ1) is 37.0. The van der Waals surface area contributed by atoms with Gasteiger partial charge in [-0.05, 0) is 113 Å². The molecule has 5 unspecified atom stereocenters. The van der Waals surface area contributed by atoms with Gasteiger partial charge in [0, 0.05) is 36.1 Å². The fourth-order valence-electron chi connectivity index (χ4n) is 7.96. The first-order valence-electron chi connectivity index (χ1n) is 17.8. The van der Waals surface area contributed by atoms with Gasteiger partial charge in [-0.15, -0.1) is 11.3 Å². The minimum Gasteiger partial charge on any atom is -0.393 e. The average molecular weight is 687 g/mol. The van der Waals surface area contributed by atoms with Crippen molar-refractivity contribution in [3.05, 3.63) is 104 Å². The lowest BCUT2D eigenvalue weighted by Crippen LogP contribution is -2.55. The predicted molar refractivity (Wildman–Crippen MR) is 197 cm³/mol. The van der Waals surface area contributed by atoms with Crippen LogP contribution in [0.5, 0.6) is 0 Å². The van der Waals surface area contributed by atoms with E-state index in [-0.39, 0.29) is 30.3 Å². The van der Waals surface area contributed by atoms with Gasteiger partial charge in [0.15, 0.2) is 0 Å². The monoisotopic (exact) mass is 686 g/mol. The number of ether oxygens (including phenoxy) is 1. The number of ketones is 1. The summed E-state index contributed by atoms with van der Waals surface area (Å²) in [4.78, 5) is 31.7. The van der Waals surface area contributed by atoms with Crippen LogP contribution in [-0.4, -0.2) is 65.4 Å². The molecule has 1 saturated carbocycles. The molecule has 5 atom stereocenters. The zero-order valence-corrected chi connectivity index (χ0v) is 30.7. The van der Waals surface area contributed by atoms with Gasteiger partial charge in [-0.2, -0.15) is 0 Å². The van der Waals surface area contributed by atoms with Crippen LogP contribution in [0.4, 0.5) is 4.79 Å². The minimum absolute atomic E-state index is 0.0134. The van der Waals surface area contributed by atoms with Crippen LogP contribution in [0.3, 0.4) is 0 Å². The zero-order chi connectivity index (χ0) is 35.2. The number of fused-ring (bicyclic) bond motifs is 8. The fourth-order valence-corrected chi connectivity index (χ4v) is 8.78. The van der Waals surface area contributed by atoms with E-state index in [1.54, 1.807) is 12.0 Å². The lowest BCUT2D eigenvalue weighted by Gasteiger charge is -2.46. The molecule has 7 nitrogen and oxygen atoms in total. The SMILES string of the molecule is COCCCN(CC1(O)CCC2c3ccc(cc3C(=O)c3ccc(C)s3)CC(O)CCC(C)=CCCC21C)C(=O)NC(C)c1ccccc1. The normalized spacial score (nSPS) is 24.8. The second-order valence-electron chi connectivity index (χ2n) is 14.5. The lowest BCUT2D eigenvalue weighted by molar-refractivity contribution is -0.0775. The van der Waals surface area contributed by atoms with Crippen molar-refractivity contribution in [3.63, 3.8) is 0 Å². The van der Waals surface area contributed by atoms with Crippen molar-refractivity contribution in [2.24, 2.45) is 5.41 Å². The number of aliphatic hydroxyl groups excluding tert-OH is 1. The van der Waals surface area contributed by atoms with Crippen LogP contribution < -0.4 is 5.32 Å². The van der Waals surface area contributed by atoms with Crippen molar-refractivity contribution in [3.8, 4) is 0 Å². The fraction of sp³-hybridized carbons (Fsp3) is 0.512. The molecule has 6 rings (SSSR count). The molecule has 2 bridgehead atoms. The Morgan fingerprint density at radius 1 is 1.08 bits per heavy atom. The maximum atomic E-state index is 14.2. The number of hydrogen-bond acceptors (Lipinski definition) is 6. The Labute approximate surface area is 296 Å². The smallest absolute Gasteiger partial charge is 0.317 e. The van der Waals surface area contributed by atoms with Gasteiger partial charge in [-0.3, -0.25) is 4.79 Å². The highest BCUT2D eigenvalue weighted by Gasteiger charge is 2.57. The van der Waals surface area contributed by atoms with Crippen molar-refractivity contribution < 1.29 is 24.5 Å². The molecule has 0 spiro atoms. The highest BCUT2D eigenvalue weighted by Crippen LogP contribution is 2.59. The minimum atomic E-state index is -1.20. The second-order valence-corrected chi connectivity index (χ2v) is 15.8. The molecule has 264 valence electrons. The molecule has 0 radical (unpaired) electrons. The number of urea groups is 1. The van der Waals surface area contributed by atoms with E-state index in [0.717, 1.165) is 34.4 Å². The van der Waals surface area contributed by atoms with E-state index < -0.39 is 17.1 Å². The average Bonchev–Trinajstić information content (AvgIpc) is 3.63. The summed E-state index contributed by atoms with van der Waals surface area (Å²) in [6.45, 7) is 9.40. The van der Waals surface area contributed by atoms with Crippen LogP contribution in [0.1, 0.15) is 114 Å². The summed E-state index contributed by atoms with van der Waals surface area (Å²) in [7, 11) is 1.66. The maximum Gasteiger partial charge on any atom is 0.317 e. The van der Waals surface area contributed by atoms with Gasteiger partial charge in [0.1, 0.15) is 0 Å². The summed E-state index contributed by atoms with van der Waals surface area (Å²) in [5.41, 5.74) is 2.94. The molecule has 3 aromatic rings. The van der Waals surface area contributed by atoms with Gasteiger partial charge in [0.25, 0.3) is 0 Å². The van der Waals surface area contributed by atoms with Gasteiger partial charge >= 0.3 is 6.03 Å². The summed E-state index contributed by atoms with van der Waals surface area (Å²) in [5, 5.41) is 27.0. The number of nitrogens with zero attached hydrogens (tertiary/aromatic N) is 1. The molecule has 8 heteroatoms. The van der Waals surface area contributed by atoms with Crippen molar-refractivity contribution in [1.82, 2.24) is 10.2 Å². The second kappa shape index (κ2) is 16.2. The summed E-state index contributed by atoms with van der Waals surface area (Å²) >= 11 is 1.50. The van der Waals surface area contributed by atoms with Gasteiger partial charge in [0.2, 0.25) is 5.78 Å². The van der Waals surface area contributed by atoms with Crippen molar-refractivity contribution >= 4 is 23.2 Å². The van der Waals surface area contributed by atoms with E-state index in [2.05, 4.69) is 37.4 Å².